The van der Waals surface area contributed by atoms with Crippen LogP contribution in [-0.2, 0) is 24.3 Å². The van der Waals surface area contributed by atoms with E-state index >= 15 is 0 Å². The van der Waals surface area contributed by atoms with Gasteiger partial charge in [0.05, 0.1) is 31.2 Å². The summed E-state index contributed by atoms with van der Waals surface area (Å²) in [5.74, 6) is 2.24. The molecule has 1 amide bonds. The van der Waals surface area contributed by atoms with E-state index in [9.17, 15) is 4.79 Å². The molecule has 0 atom stereocenters. The summed E-state index contributed by atoms with van der Waals surface area (Å²) in [5, 5.41) is 0. The van der Waals surface area contributed by atoms with Crippen molar-refractivity contribution in [2.45, 2.75) is 26.4 Å². The van der Waals surface area contributed by atoms with Crippen LogP contribution in [0, 0.1) is 0 Å². The van der Waals surface area contributed by atoms with Crippen LogP contribution < -0.4 is 9.47 Å². The Balaban J connectivity index is 1.78. The molecule has 3 aromatic rings. The number of hydrogen-bond acceptors (Lipinski definition) is 4. The summed E-state index contributed by atoms with van der Waals surface area (Å²) in [6, 6.07) is 13.9. The van der Waals surface area contributed by atoms with Crippen molar-refractivity contribution >= 4 is 16.9 Å². The van der Waals surface area contributed by atoms with Crippen molar-refractivity contribution in [3.05, 3.63) is 66.5 Å². The lowest BCUT2D eigenvalue weighted by atomic mass is 10.1. The molecule has 152 valence electrons. The number of carbonyl (C=O) groups excluding carboxylic acids is 1. The number of rotatable bonds is 9. The number of allylic oxidation sites excluding steroid dienone is 1. The van der Waals surface area contributed by atoms with E-state index in [1.54, 1.807) is 26.0 Å². The number of benzene rings is 2. The molecule has 0 aliphatic rings. The van der Waals surface area contributed by atoms with Gasteiger partial charge in [0.25, 0.3) is 0 Å². The number of methoxy groups -OCH3 is 1. The monoisotopic (exact) mass is 393 g/mol. The molecule has 3 rings (SSSR count). The molecule has 2 aromatic carbocycles. The highest BCUT2D eigenvalue weighted by molar-refractivity contribution is 5.76. The van der Waals surface area contributed by atoms with Crippen LogP contribution in [0.5, 0.6) is 11.5 Å². The molecular formula is C23H27N3O3. The number of fused-ring (bicyclic) bond motifs is 1. The van der Waals surface area contributed by atoms with Crippen LogP contribution in [0.15, 0.2) is 55.1 Å². The van der Waals surface area contributed by atoms with Gasteiger partial charge in [-0.2, -0.15) is 0 Å². The van der Waals surface area contributed by atoms with E-state index in [-0.39, 0.29) is 5.91 Å². The summed E-state index contributed by atoms with van der Waals surface area (Å²) in [6.45, 7) is 6.84. The van der Waals surface area contributed by atoms with Gasteiger partial charge in [-0.1, -0.05) is 24.3 Å². The molecule has 1 aromatic heterocycles. The first-order valence-electron chi connectivity index (χ1n) is 9.60. The van der Waals surface area contributed by atoms with Gasteiger partial charge < -0.3 is 18.9 Å². The minimum absolute atomic E-state index is 0.00389. The summed E-state index contributed by atoms with van der Waals surface area (Å²) in [7, 11) is 3.41. The Morgan fingerprint density at radius 2 is 2.03 bits per heavy atom. The number of ether oxygens (including phenoxy) is 2. The topological polar surface area (TPSA) is 56.6 Å². The van der Waals surface area contributed by atoms with Crippen LogP contribution in [0.3, 0.4) is 0 Å². The number of para-hydroxylation sites is 2. The molecule has 0 spiro atoms. The molecule has 0 saturated carbocycles. The minimum Gasteiger partial charge on any atom is -0.493 e. The molecule has 0 aliphatic heterocycles. The highest BCUT2D eigenvalue weighted by Crippen LogP contribution is 2.28. The largest absolute Gasteiger partial charge is 0.493 e. The summed E-state index contributed by atoms with van der Waals surface area (Å²) in [4.78, 5) is 18.0. The number of carbonyl (C=O) groups is 1. The standard InChI is InChI=1S/C23H27N3O3/c1-5-8-18-11-12-21(22(15-18)28-4)29-14-13-26-20-10-7-6-9-19(20)24-23(26)16-25(3)17(2)27/h5-7,9-12,15H,1,8,13-14,16H2,2-4H3. The summed E-state index contributed by atoms with van der Waals surface area (Å²) in [6.07, 6.45) is 2.64. The Bertz CT molecular complexity index is 1010. The summed E-state index contributed by atoms with van der Waals surface area (Å²) < 4.78 is 13.6. The second-order valence-electron chi connectivity index (χ2n) is 6.87. The average molecular weight is 393 g/mol. The SMILES string of the molecule is C=CCc1ccc(OCCn2c(CN(C)C(C)=O)nc3ccccc32)c(OC)c1. The Morgan fingerprint density at radius 3 is 2.76 bits per heavy atom. The van der Waals surface area contributed by atoms with Crippen LogP contribution in [0.25, 0.3) is 11.0 Å². The van der Waals surface area contributed by atoms with Gasteiger partial charge in [-0.25, -0.2) is 4.98 Å². The number of hydrogen-bond donors (Lipinski definition) is 0. The Labute approximate surface area is 171 Å². The fraction of sp³-hybridized carbons (Fsp3) is 0.304. The Hall–Kier alpha value is -3.28. The molecule has 6 heteroatoms. The van der Waals surface area contributed by atoms with Gasteiger partial charge in [0.15, 0.2) is 11.5 Å². The molecule has 29 heavy (non-hydrogen) atoms. The van der Waals surface area contributed by atoms with Crippen molar-refractivity contribution in [1.82, 2.24) is 14.5 Å². The predicted molar refractivity (Wildman–Crippen MR) is 114 cm³/mol. The zero-order chi connectivity index (χ0) is 20.8. The first kappa shape index (κ1) is 20.5. The third-order valence-corrected chi connectivity index (χ3v) is 4.83. The van der Waals surface area contributed by atoms with E-state index in [4.69, 9.17) is 14.5 Å². The van der Waals surface area contributed by atoms with Crippen molar-refractivity contribution in [1.29, 1.82) is 0 Å². The van der Waals surface area contributed by atoms with Crippen LogP contribution in [0.2, 0.25) is 0 Å². The molecular weight excluding hydrogens is 366 g/mol. The Kier molecular flexibility index (Phi) is 6.54. The fourth-order valence-corrected chi connectivity index (χ4v) is 3.19. The lowest BCUT2D eigenvalue weighted by Crippen LogP contribution is -2.25. The van der Waals surface area contributed by atoms with Gasteiger partial charge in [-0.3, -0.25) is 4.79 Å². The first-order chi connectivity index (χ1) is 14.0. The summed E-state index contributed by atoms with van der Waals surface area (Å²) in [5.41, 5.74) is 3.06. The smallest absolute Gasteiger partial charge is 0.219 e. The van der Waals surface area contributed by atoms with E-state index in [2.05, 4.69) is 11.1 Å². The lowest BCUT2D eigenvalue weighted by molar-refractivity contribution is -0.128. The number of nitrogens with zero attached hydrogens (tertiary/aromatic N) is 3. The van der Waals surface area contributed by atoms with Crippen molar-refractivity contribution in [2.24, 2.45) is 0 Å². The van der Waals surface area contributed by atoms with E-state index in [1.165, 1.54) is 0 Å². The second kappa shape index (κ2) is 9.28. The molecule has 0 saturated heterocycles. The predicted octanol–water partition coefficient (Wildman–Crippen LogP) is 3.83. The van der Waals surface area contributed by atoms with Gasteiger partial charge in [-0.15, -0.1) is 6.58 Å². The van der Waals surface area contributed by atoms with Crippen LogP contribution in [-0.4, -0.2) is 41.1 Å². The highest BCUT2D eigenvalue weighted by Gasteiger charge is 2.14. The molecule has 0 radical (unpaired) electrons. The lowest BCUT2D eigenvalue weighted by Gasteiger charge is -2.17. The molecule has 0 unspecified atom stereocenters. The van der Waals surface area contributed by atoms with Gasteiger partial charge in [0.2, 0.25) is 5.91 Å². The zero-order valence-electron chi connectivity index (χ0n) is 17.2. The first-order valence-corrected chi connectivity index (χ1v) is 9.60. The maximum atomic E-state index is 11.7. The number of amides is 1. The van der Waals surface area contributed by atoms with Crippen molar-refractivity contribution < 1.29 is 14.3 Å². The van der Waals surface area contributed by atoms with Crippen LogP contribution >= 0.6 is 0 Å². The number of imidazole rings is 1. The molecule has 0 aliphatic carbocycles. The summed E-state index contributed by atoms with van der Waals surface area (Å²) >= 11 is 0. The van der Waals surface area contributed by atoms with Crippen molar-refractivity contribution in [3.8, 4) is 11.5 Å². The molecule has 1 heterocycles. The van der Waals surface area contributed by atoms with Crippen LogP contribution in [0.4, 0.5) is 0 Å². The van der Waals surface area contributed by atoms with E-state index in [0.29, 0.717) is 31.2 Å². The van der Waals surface area contributed by atoms with Crippen LogP contribution in [0.1, 0.15) is 18.3 Å². The van der Waals surface area contributed by atoms with E-state index in [0.717, 1.165) is 28.8 Å². The van der Waals surface area contributed by atoms with Crippen molar-refractivity contribution in [3.63, 3.8) is 0 Å². The quantitative estimate of drug-likeness (QED) is 0.519. The zero-order valence-corrected chi connectivity index (χ0v) is 17.2. The Morgan fingerprint density at radius 1 is 1.24 bits per heavy atom. The normalized spacial score (nSPS) is 10.7. The minimum atomic E-state index is 0.00389. The third-order valence-electron chi connectivity index (χ3n) is 4.83. The second-order valence-corrected chi connectivity index (χ2v) is 6.87. The van der Waals surface area contributed by atoms with Gasteiger partial charge in [0.1, 0.15) is 12.4 Å². The van der Waals surface area contributed by atoms with Gasteiger partial charge in [-0.05, 0) is 36.2 Å². The molecule has 6 nitrogen and oxygen atoms in total. The molecule has 0 bridgehead atoms. The van der Waals surface area contributed by atoms with Gasteiger partial charge >= 0.3 is 0 Å². The number of aromatic nitrogens is 2. The van der Waals surface area contributed by atoms with Crippen molar-refractivity contribution in [2.75, 3.05) is 20.8 Å². The molecule has 0 fully saturated rings. The fourth-order valence-electron chi connectivity index (χ4n) is 3.19. The van der Waals surface area contributed by atoms with E-state index in [1.807, 2.05) is 48.5 Å². The average Bonchev–Trinajstić information content (AvgIpc) is 3.06. The van der Waals surface area contributed by atoms with Gasteiger partial charge in [0, 0.05) is 14.0 Å². The maximum absolute atomic E-state index is 11.7. The molecule has 0 N–H and O–H groups in total. The van der Waals surface area contributed by atoms with E-state index < -0.39 is 0 Å². The third kappa shape index (κ3) is 4.77. The maximum Gasteiger partial charge on any atom is 0.219 e. The highest BCUT2D eigenvalue weighted by atomic mass is 16.5.